The number of nitrogens with one attached hydrogen (secondary N) is 2. The predicted molar refractivity (Wildman–Crippen MR) is 94.1 cm³/mol. The molecule has 2 rings (SSSR count). The maximum Gasteiger partial charge on any atom is 0.335 e. The number of H-pyrrole nitrogens is 1. The minimum atomic E-state index is -0.976. The van der Waals surface area contributed by atoms with E-state index in [9.17, 15) is 4.79 Å². The fourth-order valence-electron chi connectivity index (χ4n) is 1.74. The first-order valence-electron chi connectivity index (χ1n) is 7.12. The summed E-state index contributed by atoms with van der Waals surface area (Å²) in [6, 6.07) is 4.76. The van der Waals surface area contributed by atoms with E-state index in [2.05, 4.69) is 27.1 Å². The Morgan fingerprint density at radius 1 is 1.43 bits per heavy atom. The molecule has 1 aromatic heterocycles. The second kappa shape index (κ2) is 8.53. The van der Waals surface area contributed by atoms with E-state index in [-0.39, 0.29) is 5.56 Å². The second-order valence-electron chi connectivity index (χ2n) is 4.81. The average molecular weight is 314 g/mol. The summed E-state index contributed by atoms with van der Waals surface area (Å²) in [7, 11) is 1.76. The van der Waals surface area contributed by atoms with Crippen LogP contribution in [0.3, 0.4) is 0 Å². The third kappa shape index (κ3) is 4.81. The van der Waals surface area contributed by atoms with E-state index in [1.54, 1.807) is 25.4 Å². The number of aromatic amines is 1. The van der Waals surface area contributed by atoms with Gasteiger partial charge in [-0.05, 0) is 44.5 Å². The van der Waals surface area contributed by atoms with Crippen molar-refractivity contribution in [2.45, 2.75) is 20.8 Å². The number of aryl methyl sites for hydroxylation is 1. The van der Waals surface area contributed by atoms with Gasteiger partial charge in [-0.15, -0.1) is 6.58 Å². The van der Waals surface area contributed by atoms with Crippen LogP contribution in [0.5, 0.6) is 0 Å². The number of benzene rings is 1. The second-order valence-corrected chi connectivity index (χ2v) is 4.81. The number of rotatable bonds is 4. The lowest BCUT2D eigenvalue weighted by molar-refractivity contribution is 0.0697. The number of carboxylic acid groups (broad SMARTS) is 1. The molecule has 1 aromatic carbocycles. The first-order chi connectivity index (χ1) is 10.9. The van der Waals surface area contributed by atoms with Gasteiger partial charge >= 0.3 is 5.97 Å². The highest BCUT2D eigenvalue weighted by Crippen LogP contribution is 2.26. The van der Waals surface area contributed by atoms with Crippen molar-refractivity contribution in [1.82, 2.24) is 10.2 Å². The summed E-state index contributed by atoms with van der Waals surface area (Å²) < 4.78 is 0. The number of anilines is 1. The summed E-state index contributed by atoms with van der Waals surface area (Å²) in [5, 5.41) is 19.0. The van der Waals surface area contributed by atoms with Crippen LogP contribution in [0, 0.1) is 13.8 Å². The number of aromatic carboxylic acids is 1. The lowest BCUT2D eigenvalue weighted by Crippen LogP contribution is -1.97. The van der Waals surface area contributed by atoms with E-state index in [4.69, 9.17) is 5.11 Å². The molecule has 6 heteroatoms. The summed E-state index contributed by atoms with van der Waals surface area (Å²) in [5.41, 5.74) is 4.27. The predicted octanol–water partition coefficient (Wildman–Crippen LogP) is 3.71. The molecule has 23 heavy (non-hydrogen) atoms. The third-order valence-corrected chi connectivity index (χ3v) is 3.13. The van der Waals surface area contributed by atoms with E-state index in [0.29, 0.717) is 5.69 Å². The monoisotopic (exact) mass is 314 g/mol. The minimum Gasteiger partial charge on any atom is -0.478 e. The van der Waals surface area contributed by atoms with Gasteiger partial charge in [-0.2, -0.15) is 5.10 Å². The van der Waals surface area contributed by atoms with Crippen LogP contribution >= 0.6 is 0 Å². The Balaban J connectivity index is 0.000000816. The highest BCUT2D eigenvalue weighted by molar-refractivity contribution is 5.91. The Labute approximate surface area is 136 Å². The van der Waals surface area contributed by atoms with Crippen LogP contribution in [-0.2, 0) is 0 Å². The molecule has 0 aliphatic heterocycles. The normalized spacial score (nSPS) is 10.1. The molecular formula is C17H22N4O2. The minimum absolute atomic E-state index is 0.200. The summed E-state index contributed by atoms with van der Waals surface area (Å²) in [4.78, 5) is 15.3. The molecule has 0 amide bonds. The Morgan fingerprint density at radius 3 is 2.57 bits per heavy atom. The van der Waals surface area contributed by atoms with Crippen LogP contribution < -0.4 is 5.32 Å². The van der Waals surface area contributed by atoms with Crippen molar-refractivity contribution < 1.29 is 9.90 Å². The Bertz CT molecular complexity index is 717. The standard InChI is InChI=1S/C14H16N4O2.C3H6/c1-8-9(2)17-18-13(8)7-16-12-6-10(14(19)20)4-5-11(12)15-3;1-3-2/h4-7,15H,1-3H3,(H,17,18)(H,19,20);3H,1H2,2H3. The molecular weight excluding hydrogens is 292 g/mol. The number of carbonyl (C=O) groups is 1. The van der Waals surface area contributed by atoms with E-state index in [1.165, 1.54) is 12.1 Å². The third-order valence-electron chi connectivity index (χ3n) is 3.13. The van der Waals surface area contributed by atoms with Crippen LogP contribution in [0.15, 0.2) is 35.8 Å². The van der Waals surface area contributed by atoms with Crippen LogP contribution in [0.2, 0.25) is 0 Å². The molecule has 0 spiro atoms. The highest BCUT2D eigenvalue weighted by atomic mass is 16.4. The maximum absolute atomic E-state index is 11.0. The lowest BCUT2D eigenvalue weighted by Gasteiger charge is -2.05. The Kier molecular flexibility index (Phi) is 6.73. The van der Waals surface area contributed by atoms with Crippen molar-refractivity contribution in [3.05, 3.63) is 53.4 Å². The summed E-state index contributed by atoms with van der Waals surface area (Å²) in [6.45, 7) is 9.14. The number of aromatic nitrogens is 2. The van der Waals surface area contributed by atoms with Gasteiger partial charge in [0, 0.05) is 12.7 Å². The molecule has 3 N–H and O–H groups in total. The van der Waals surface area contributed by atoms with Gasteiger partial charge in [-0.1, -0.05) is 6.08 Å². The number of carboxylic acids is 1. The summed E-state index contributed by atoms with van der Waals surface area (Å²) >= 11 is 0. The maximum atomic E-state index is 11.0. The fourth-order valence-corrected chi connectivity index (χ4v) is 1.74. The molecule has 0 radical (unpaired) electrons. The van der Waals surface area contributed by atoms with Crippen LogP contribution in [0.4, 0.5) is 11.4 Å². The van der Waals surface area contributed by atoms with Crippen molar-refractivity contribution in [3.63, 3.8) is 0 Å². The molecule has 0 fully saturated rings. The van der Waals surface area contributed by atoms with Gasteiger partial charge in [0.1, 0.15) is 5.69 Å². The van der Waals surface area contributed by atoms with Gasteiger partial charge in [0.15, 0.2) is 0 Å². The van der Waals surface area contributed by atoms with Crippen molar-refractivity contribution >= 4 is 23.6 Å². The molecule has 122 valence electrons. The van der Waals surface area contributed by atoms with Gasteiger partial charge in [-0.25, -0.2) is 4.79 Å². The zero-order chi connectivity index (χ0) is 17.4. The van der Waals surface area contributed by atoms with Gasteiger partial charge in [0.05, 0.1) is 23.2 Å². The molecule has 0 unspecified atom stereocenters. The molecule has 0 atom stereocenters. The van der Waals surface area contributed by atoms with E-state index < -0.39 is 5.97 Å². The molecule has 0 bridgehead atoms. The van der Waals surface area contributed by atoms with Gasteiger partial charge in [0.25, 0.3) is 0 Å². The molecule has 0 saturated heterocycles. The van der Waals surface area contributed by atoms with E-state index in [1.807, 2.05) is 20.8 Å². The molecule has 0 aliphatic carbocycles. The highest BCUT2D eigenvalue weighted by Gasteiger charge is 2.07. The van der Waals surface area contributed by atoms with E-state index in [0.717, 1.165) is 22.6 Å². The largest absolute Gasteiger partial charge is 0.478 e. The molecule has 0 aliphatic rings. The Morgan fingerprint density at radius 2 is 2.09 bits per heavy atom. The van der Waals surface area contributed by atoms with Crippen molar-refractivity contribution in [3.8, 4) is 0 Å². The van der Waals surface area contributed by atoms with Crippen molar-refractivity contribution in [2.24, 2.45) is 4.99 Å². The van der Waals surface area contributed by atoms with Crippen LogP contribution in [0.1, 0.15) is 34.2 Å². The number of allylic oxidation sites excluding steroid dienone is 1. The van der Waals surface area contributed by atoms with E-state index >= 15 is 0 Å². The first kappa shape index (κ1) is 18.2. The zero-order valence-electron chi connectivity index (χ0n) is 13.8. The zero-order valence-corrected chi connectivity index (χ0v) is 13.8. The van der Waals surface area contributed by atoms with Crippen LogP contribution in [0.25, 0.3) is 0 Å². The van der Waals surface area contributed by atoms with Crippen LogP contribution in [-0.4, -0.2) is 34.5 Å². The van der Waals surface area contributed by atoms with Gasteiger partial charge < -0.3 is 10.4 Å². The first-order valence-corrected chi connectivity index (χ1v) is 7.12. The lowest BCUT2D eigenvalue weighted by atomic mass is 10.1. The number of hydrogen-bond donors (Lipinski definition) is 3. The SMILES string of the molecule is C=CC.CNc1ccc(C(=O)O)cc1N=Cc1n[nH]c(C)c1C. The summed E-state index contributed by atoms with van der Waals surface area (Å²) in [5.74, 6) is -0.976. The van der Waals surface area contributed by atoms with Crippen molar-refractivity contribution in [1.29, 1.82) is 0 Å². The molecule has 1 heterocycles. The quantitative estimate of drug-likeness (QED) is 0.592. The smallest absolute Gasteiger partial charge is 0.335 e. The fraction of sp³-hybridized carbons (Fsp3) is 0.235. The molecule has 6 nitrogen and oxygen atoms in total. The summed E-state index contributed by atoms with van der Waals surface area (Å²) in [6.07, 6.45) is 3.38. The average Bonchev–Trinajstić information content (AvgIpc) is 2.85. The molecule has 2 aromatic rings. The Hall–Kier alpha value is -2.89. The van der Waals surface area contributed by atoms with Gasteiger partial charge in [-0.3, -0.25) is 10.1 Å². The number of hydrogen-bond acceptors (Lipinski definition) is 4. The topological polar surface area (TPSA) is 90.4 Å². The number of aliphatic imine (C=N–C) groups is 1. The van der Waals surface area contributed by atoms with Gasteiger partial charge in [0.2, 0.25) is 0 Å². The number of nitrogens with zero attached hydrogens (tertiary/aromatic N) is 2. The van der Waals surface area contributed by atoms with Crippen molar-refractivity contribution in [2.75, 3.05) is 12.4 Å². The molecule has 0 saturated carbocycles.